The molecule has 1 heterocycles. The summed E-state index contributed by atoms with van der Waals surface area (Å²) in [4.78, 5) is 12.1. The fraction of sp³-hybridized carbons (Fsp3) is 0.500. The summed E-state index contributed by atoms with van der Waals surface area (Å²) in [7, 11) is 0. The SMILES string of the molecule is O=C(NN1CCOCC1)C1CC1c1ccccc1. The first-order chi connectivity index (χ1) is 8.84. The quantitative estimate of drug-likeness (QED) is 0.870. The Hall–Kier alpha value is -1.39. The zero-order chi connectivity index (χ0) is 12.4. The van der Waals surface area contributed by atoms with E-state index in [0.29, 0.717) is 19.1 Å². The predicted octanol–water partition coefficient (Wildman–Crippen LogP) is 1.15. The molecule has 4 heteroatoms. The van der Waals surface area contributed by atoms with Crippen molar-refractivity contribution in [3.8, 4) is 0 Å². The number of ether oxygens (including phenoxy) is 1. The maximum atomic E-state index is 12.1. The number of morpholine rings is 1. The number of carbonyl (C=O) groups is 1. The second-order valence-corrected chi connectivity index (χ2v) is 4.93. The van der Waals surface area contributed by atoms with Gasteiger partial charge in [-0.15, -0.1) is 0 Å². The summed E-state index contributed by atoms with van der Waals surface area (Å²) >= 11 is 0. The fourth-order valence-corrected chi connectivity index (χ4v) is 2.47. The van der Waals surface area contributed by atoms with Crippen LogP contribution in [-0.4, -0.2) is 37.2 Å². The maximum absolute atomic E-state index is 12.1. The van der Waals surface area contributed by atoms with Gasteiger partial charge in [-0.2, -0.15) is 0 Å². The second kappa shape index (κ2) is 5.08. The number of hydrazine groups is 1. The van der Waals surface area contributed by atoms with Crippen LogP contribution in [0.15, 0.2) is 30.3 Å². The molecule has 1 aromatic rings. The molecule has 1 aromatic carbocycles. The number of nitrogens with one attached hydrogen (secondary N) is 1. The minimum Gasteiger partial charge on any atom is -0.379 e. The molecule has 1 aliphatic heterocycles. The molecule has 4 nitrogen and oxygen atoms in total. The van der Waals surface area contributed by atoms with Crippen molar-refractivity contribution >= 4 is 5.91 Å². The second-order valence-electron chi connectivity index (χ2n) is 4.93. The van der Waals surface area contributed by atoms with E-state index >= 15 is 0 Å². The molecule has 0 spiro atoms. The number of rotatable bonds is 3. The molecule has 3 rings (SSSR count). The highest BCUT2D eigenvalue weighted by Crippen LogP contribution is 2.47. The molecule has 18 heavy (non-hydrogen) atoms. The van der Waals surface area contributed by atoms with Crippen LogP contribution in [0.4, 0.5) is 0 Å². The molecular formula is C14H18N2O2. The van der Waals surface area contributed by atoms with Crippen molar-refractivity contribution in [1.82, 2.24) is 10.4 Å². The third kappa shape index (κ3) is 2.54. The molecule has 1 N–H and O–H groups in total. The van der Waals surface area contributed by atoms with Crippen LogP contribution in [0.5, 0.6) is 0 Å². The number of nitrogens with zero attached hydrogens (tertiary/aromatic N) is 1. The fourth-order valence-electron chi connectivity index (χ4n) is 2.47. The van der Waals surface area contributed by atoms with Gasteiger partial charge in [0.15, 0.2) is 0 Å². The predicted molar refractivity (Wildman–Crippen MR) is 67.8 cm³/mol. The van der Waals surface area contributed by atoms with Crippen LogP contribution in [0.25, 0.3) is 0 Å². The summed E-state index contributed by atoms with van der Waals surface area (Å²) < 4.78 is 5.25. The summed E-state index contributed by atoms with van der Waals surface area (Å²) in [5.74, 6) is 0.716. The zero-order valence-corrected chi connectivity index (χ0v) is 10.3. The van der Waals surface area contributed by atoms with E-state index in [9.17, 15) is 4.79 Å². The van der Waals surface area contributed by atoms with E-state index in [1.807, 2.05) is 23.2 Å². The van der Waals surface area contributed by atoms with Crippen molar-refractivity contribution in [2.24, 2.45) is 5.92 Å². The molecule has 1 saturated carbocycles. The number of hydrogen-bond donors (Lipinski definition) is 1. The first-order valence-electron chi connectivity index (χ1n) is 6.53. The normalized spacial score (nSPS) is 27.8. The van der Waals surface area contributed by atoms with Gasteiger partial charge >= 0.3 is 0 Å². The third-order valence-corrected chi connectivity index (χ3v) is 3.63. The van der Waals surface area contributed by atoms with Gasteiger partial charge in [-0.3, -0.25) is 10.2 Å². The van der Waals surface area contributed by atoms with Gasteiger partial charge < -0.3 is 4.74 Å². The average molecular weight is 246 g/mol. The Bertz CT molecular complexity index is 415. The van der Waals surface area contributed by atoms with Crippen LogP contribution in [0, 0.1) is 5.92 Å². The molecule has 0 radical (unpaired) electrons. The summed E-state index contributed by atoms with van der Waals surface area (Å²) in [5, 5.41) is 1.96. The largest absolute Gasteiger partial charge is 0.379 e. The van der Waals surface area contributed by atoms with Crippen molar-refractivity contribution in [1.29, 1.82) is 0 Å². The van der Waals surface area contributed by atoms with E-state index in [1.54, 1.807) is 0 Å². The summed E-state index contributed by atoms with van der Waals surface area (Å²) in [5.41, 5.74) is 4.27. The van der Waals surface area contributed by atoms with Gasteiger partial charge in [0.05, 0.1) is 13.2 Å². The molecule has 1 aliphatic carbocycles. The first kappa shape index (κ1) is 11.7. The number of hydrogen-bond acceptors (Lipinski definition) is 3. The standard InChI is InChI=1S/C14H18N2O2/c17-14(15-16-6-8-18-9-7-16)13-10-12(13)11-4-2-1-3-5-11/h1-5,12-13H,6-10H2,(H,15,17). The Morgan fingerprint density at radius 2 is 1.94 bits per heavy atom. The summed E-state index contributed by atoms with van der Waals surface area (Å²) in [6.07, 6.45) is 0.972. The Kier molecular flexibility index (Phi) is 3.30. The van der Waals surface area contributed by atoms with Gasteiger partial charge in [0.25, 0.3) is 0 Å². The molecule has 0 bridgehead atoms. The Balaban J connectivity index is 1.53. The topological polar surface area (TPSA) is 41.6 Å². The average Bonchev–Trinajstić information content (AvgIpc) is 3.21. The molecule has 2 atom stereocenters. The van der Waals surface area contributed by atoms with Crippen LogP contribution in [0.2, 0.25) is 0 Å². The number of benzene rings is 1. The van der Waals surface area contributed by atoms with Gasteiger partial charge in [-0.05, 0) is 17.9 Å². The Labute approximate surface area is 107 Å². The minimum atomic E-state index is 0.148. The minimum absolute atomic E-state index is 0.148. The van der Waals surface area contributed by atoms with Crippen molar-refractivity contribution < 1.29 is 9.53 Å². The van der Waals surface area contributed by atoms with Crippen molar-refractivity contribution in [3.63, 3.8) is 0 Å². The molecule has 2 aliphatic rings. The van der Waals surface area contributed by atoms with Gasteiger partial charge in [0.1, 0.15) is 0 Å². The first-order valence-corrected chi connectivity index (χ1v) is 6.53. The van der Waals surface area contributed by atoms with E-state index in [4.69, 9.17) is 4.74 Å². The lowest BCUT2D eigenvalue weighted by Gasteiger charge is -2.27. The van der Waals surface area contributed by atoms with Gasteiger partial charge in [-0.25, -0.2) is 5.01 Å². The number of carbonyl (C=O) groups excluding carboxylic acids is 1. The third-order valence-electron chi connectivity index (χ3n) is 3.63. The molecule has 96 valence electrons. The lowest BCUT2D eigenvalue weighted by molar-refractivity contribution is -0.129. The van der Waals surface area contributed by atoms with E-state index < -0.39 is 0 Å². The Morgan fingerprint density at radius 1 is 1.22 bits per heavy atom. The summed E-state index contributed by atoms with van der Waals surface area (Å²) in [6.45, 7) is 2.98. The molecule has 1 saturated heterocycles. The lowest BCUT2D eigenvalue weighted by atomic mass is 10.1. The molecule has 2 fully saturated rings. The highest BCUT2D eigenvalue weighted by Gasteiger charge is 2.44. The summed E-state index contributed by atoms with van der Waals surface area (Å²) in [6, 6.07) is 10.3. The zero-order valence-electron chi connectivity index (χ0n) is 10.3. The molecule has 2 unspecified atom stereocenters. The van der Waals surface area contributed by atoms with Crippen LogP contribution >= 0.6 is 0 Å². The lowest BCUT2D eigenvalue weighted by Crippen LogP contribution is -2.49. The number of amides is 1. The van der Waals surface area contributed by atoms with Crippen LogP contribution in [0.3, 0.4) is 0 Å². The van der Waals surface area contributed by atoms with Crippen molar-refractivity contribution in [2.75, 3.05) is 26.3 Å². The van der Waals surface area contributed by atoms with E-state index in [-0.39, 0.29) is 11.8 Å². The van der Waals surface area contributed by atoms with Crippen LogP contribution in [-0.2, 0) is 9.53 Å². The van der Waals surface area contributed by atoms with Crippen molar-refractivity contribution in [3.05, 3.63) is 35.9 Å². The Morgan fingerprint density at radius 3 is 2.67 bits per heavy atom. The van der Waals surface area contributed by atoms with Crippen LogP contribution in [0.1, 0.15) is 17.9 Å². The van der Waals surface area contributed by atoms with Crippen LogP contribution < -0.4 is 5.43 Å². The highest BCUT2D eigenvalue weighted by atomic mass is 16.5. The molecule has 0 aromatic heterocycles. The van der Waals surface area contributed by atoms with Gasteiger partial charge in [0.2, 0.25) is 5.91 Å². The van der Waals surface area contributed by atoms with E-state index in [1.165, 1.54) is 5.56 Å². The van der Waals surface area contributed by atoms with E-state index in [0.717, 1.165) is 19.5 Å². The smallest absolute Gasteiger partial charge is 0.238 e. The molecule has 1 amide bonds. The van der Waals surface area contributed by atoms with Gasteiger partial charge in [0, 0.05) is 19.0 Å². The molecular weight excluding hydrogens is 228 g/mol. The van der Waals surface area contributed by atoms with E-state index in [2.05, 4.69) is 17.6 Å². The van der Waals surface area contributed by atoms with Crippen molar-refractivity contribution in [2.45, 2.75) is 12.3 Å². The van der Waals surface area contributed by atoms with Gasteiger partial charge in [-0.1, -0.05) is 30.3 Å². The highest BCUT2D eigenvalue weighted by molar-refractivity contribution is 5.82. The maximum Gasteiger partial charge on any atom is 0.238 e. The monoisotopic (exact) mass is 246 g/mol.